The largest absolute Gasteiger partial charge is 0.316 e. The summed E-state index contributed by atoms with van der Waals surface area (Å²) in [5.41, 5.74) is 0.870. The van der Waals surface area contributed by atoms with E-state index in [1.54, 1.807) is 6.07 Å². The molecule has 1 atom stereocenters. The van der Waals surface area contributed by atoms with Crippen LogP contribution in [0.3, 0.4) is 0 Å². The molecule has 4 heteroatoms. The Morgan fingerprint density at radius 3 is 3.19 bits per heavy atom. The van der Waals surface area contributed by atoms with Crippen molar-refractivity contribution < 1.29 is 0 Å². The van der Waals surface area contributed by atoms with Gasteiger partial charge in [0.15, 0.2) is 0 Å². The molecule has 1 unspecified atom stereocenters. The summed E-state index contributed by atoms with van der Waals surface area (Å²) in [4.78, 5) is 18.9. The zero-order valence-electron chi connectivity index (χ0n) is 9.75. The number of hydrogen-bond donors (Lipinski definition) is 2. The van der Waals surface area contributed by atoms with E-state index in [0.29, 0.717) is 5.92 Å². The van der Waals surface area contributed by atoms with E-state index < -0.39 is 0 Å². The highest BCUT2D eigenvalue weighted by atomic mass is 16.1. The molecule has 4 nitrogen and oxygen atoms in total. The minimum atomic E-state index is -0.0221. The predicted molar refractivity (Wildman–Crippen MR) is 63.7 cm³/mol. The Balaban J connectivity index is 2.23. The molecule has 16 heavy (non-hydrogen) atoms. The topological polar surface area (TPSA) is 57.8 Å². The summed E-state index contributed by atoms with van der Waals surface area (Å²) in [7, 11) is 0. The van der Waals surface area contributed by atoms with Crippen molar-refractivity contribution in [2.75, 3.05) is 13.1 Å². The first kappa shape index (κ1) is 11.3. The van der Waals surface area contributed by atoms with Gasteiger partial charge >= 0.3 is 0 Å². The maximum absolute atomic E-state index is 11.5. The Kier molecular flexibility index (Phi) is 3.72. The van der Waals surface area contributed by atoms with E-state index in [9.17, 15) is 4.79 Å². The van der Waals surface area contributed by atoms with Crippen LogP contribution in [-0.4, -0.2) is 23.1 Å². The van der Waals surface area contributed by atoms with Crippen LogP contribution in [0.5, 0.6) is 0 Å². The quantitative estimate of drug-likeness (QED) is 0.788. The molecule has 1 aliphatic rings. The Morgan fingerprint density at radius 1 is 1.50 bits per heavy atom. The molecule has 0 saturated carbocycles. The van der Waals surface area contributed by atoms with E-state index in [0.717, 1.165) is 37.4 Å². The summed E-state index contributed by atoms with van der Waals surface area (Å²) < 4.78 is 0. The van der Waals surface area contributed by atoms with Crippen molar-refractivity contribution in [2.45, 2.75) is 38.5 Å². The summed E-state index contributed by atoms with van der Waals surface area (Å²) >= 11 is 0. The third kappa shape index (κ3) is 2.70. The minimum Gasteiger partial charge on any atom is -0.316 e. The highest BCUT2D eigenvalue weighted by Crippen LogP contribution is 2.19. The summed E-state index contributed by atoms with van der Waals surface area (Å²) in [6.07, 6.45) is 4.35. The second-order valence-corrected chi connectivity index (χ2v) is 4.37. The van der Waals surface area contributed by atoms with E-state index in [2.05, 4.69) is 15.3 Å². The minimum absolute atomic E-state index is 0.0221. The van der Waals surface area contributed by atoms with Crippen molar-refractivity contribution in [1.82, 2.24) is 15.3 Å². The molecule has 2 heterocycles. The zero-order valence-corrected chi connectivity index (χ0v) is 9.75. The fourth-order valence-electron chi connectivity index (χ4n) is 2.16. The number of rotatable bonds is 2. The van der Waals surface area contributed by atoms with Gasteiger partial charge in [0.25, 0.3) is 5.56 Å². The van der Waals surface area contributed by atoms with Crippen LogP contribution in [-0.2, 0) is 6.42 Å². The molecule has 1 aromatic rings. The highest BCUT2D eigenvalue weighted by Gasteiger charge is 2.16. The fourth-order valence-corrected chi connectivity index (χ4v) is 2.16. The van der Waals surface area contributed by atoms with Crippen LogP contribution in [0.1, 0.15) is 43.6 Å². The van der Waals surface area contributed by atoms with Crippen molar-refractivity contribution in [3.63, 3.8) is 0 Å². The van der Waals surface area contributed by atoms with Gasteiger partial charge in [0.2, 0.25) is 0 Å². The van der Waals surface area contributed by atoms with Gasteiger partial charge in [0.05, 0.1) is 0 Å². The van der Waals surface area contributed by atoms with Crippen molar-refractivity contribution in [3.05, 3.63) is 27.9 Å². The van der Waals surface area contributed by atoms with E-state index in [-0.39, 0.29) is 5.56 Å². The third-order valence-corrected chi connectivity index (χ3v) is 3.11. The first-order valence-corrected chi connectivity index (χ1v) is 6.10. The number of hydrogen-bond acceptors (Lipinski definition) is 3. The van der Waals surface area contributed by atoms with Crippen molar-refractivity contribution in [3.8, 4) is 0 Å². The summed E-state index contributed by atoms with van der Waals surface area (Å²) in [6.45, 7) is 4.03. The van der Waals surface area contributed by atoms with Crippen LogP contribution in [0.2, 0.25) is 0 Å². The molecule has 0 aliphatic carbocycles. The molecule has 0 radical (unpaired) electrons. The Hall–Kier alpha value is -1.16. The normalized spacial score (nSPS) is 21.7. The zero-order chi connectivity index (χ0) is 11.4. The van der Waals surface area contributed by atoms with Gasteiger partial charge in [-0.05, 0) is 25.8 Å². The molecule has 0 spiro atoms. The predicted octanol–water partition coefficient (Wildman–Crippen LogP) is 1.19. The second-order valence-electron chi connectivity index (χ2n) is 4.37. The van der Waals surface area contributed by atoms with Crippen LogP contribution < -0.4 is 10.9 Å². The first-order valence-electron chi connectivity index (χ1n) is 6.10. The van der Waals surface area contributed by atoms with Crippen molar-refractivity contribution in [1.29, 1.82) is 0 Å². The average molecular weight is 221 g/mol. The fraction of sp³-hybridized carbons (Fsp3) is 0.667. The molecule has 1 aromatic heterocycles. The van der Waals surface area contributed by atoms with Crippen LogP contribution >= 0.6 is 0 Å². The molecule has 2 rings (SSSR count). The molecule has 0 amide bonds. The number of aromatic amines is 1. The van der Waals surface area contributed by atoms with Gasteiger partial charge in [-0.1, -0.05) is 13.3 Å². The lowest BCUT2D eigenvalue weighted by atomic mass is 10.0. The SMILES string of the molecule is CCc1cc(=O)[nH]c(C2CCCCNC2)n1. The standard InChI is InChI=1S/C12H19N3O/c1-2-10-7-11(16)15-12(14-10)9-5-3-4-6-13-8-9/h7,9,13H,2-6,8H2,1H3,(H,14,15,16). The number of nitrogens with one attached hydrogen (secondary N) is 2. The van der Waals surface area contributed by atoms with Crippen LogP contribution in [0.4, 0.5) is 0 Å². The van der Waals surface area contributed by atoms with E-state index in [4.69, 9.17) is 0 Å². The van der Waals surface area contributed by atoms with E-state index in [1.807, 2.05) is 6.92 Å². The Labute approximate surface area is 95.5 Å². The molecular formula is C12H19N3O. The van der Waals surface area contributed by atoms with E-state index in [1.165, 1.54) is 12.8 Å². The van der Waals surface area contributed by atoms with Gasteiger partial charge < -0.3 is 10.3 Å². The van der Waals surface area contributed by atoms with Gasteiger partial charge in [-0.15, -0.1) is 0 Å². The monoisotopic (exact) mass is 221 g/mol. The van der Waals surface area contributed by atoms with E-state index >= 15 is 0 Å². The van der Waals surface area contributed by atoms with Crippen LogP contribution in [0.15, 0.2) is 10.9 Å². The molecule has 1 fully saturated rings. The summed E-state index contributed by atoms with van der Waals surface area (Å²) in [5.74, 6) is 1.22. The van der Waals surface area contributed by atoms with Gasteiger partial charge in [0, 0.05) is 24.2 Å². The van der Waals surface area contributed by atoms with Gasteiger partial charge in [-0.3, -0.25) is 4.79 Å². The molecule has 1 saturated heterocycles. The van der Waals surface area contributed by atoms with Crippen molar-refractivity contribution >= 4 is 0 Å². The van der Waals surface area contributed by atoms with Crippen molar-refractivity contribution in [2.24, 2.45) is 0 Å². The molecule has 1 aliphatic heterocycles. The lowest BCUT2D eigenvalue weighted by molar-refractivity contribution is 0.572. The molecule has 2 N–H and O–H groups in total. The lowest BCUT2D eigenvalue weighted by Crippen LogP contribution is -2.23. The van der Waals surface area contributed by atoms with Crippen LogP contribution in [0.25, 0.3) is 0 Å². The first-order chi connectivity index (χ1) is 7.79. The Bertz CT molecular complexity index is 391. The number of aryl methyl sites for hydroxylation is 1. The summed E-state index contributed by atoms with van der Waals surface area (Å²) in [5, 5.41) is 3.39. The Morgan fingerprint density at radius 2 is 2.38 bits per heavy atom. The smallest absolute Gasteiger partial charge is 0.251 e. The third-order valence-electron chi connectivity index (χ3n) is 3.11. The maximum Gasteiger partial charge on any atom is 0.251 e. The molecule has 0 aromatic carbocycles. The lowest BCUT2D eigenvalue weighted by Gasteiger charge is -2.13. The molecule has 88 valence electrons. The number of H-pyrrole nitrogens is 1. The van der Waals surface area contributed by atoms with Gasteiger partial charge in [0.1, 0.15) is 5.82 Å². The van der Waals surface area contributed by atoms with Gasteiger partial charge in [-0.2, -0.15) is 0 Å². The highest BCUT2D eigenvalue weighted by molar-refractivity contribution is 5.06. The summed E-state index contributed by atoms with van der Waals surface area (Å²) in [6, 6.07) is 1.59. The number of aromatic nitrogens is 2. The van der Waals surface area contributed by atoms with Gasteiger partial charge in [-0.25, -0.2) is 4.98 Å². The second kappa shape index (κ2) is 5.25. The molecular weight excluding hydrogens is 202 g/mol. The molecule has 0 bridgehead atoms. The average Bonchev–Trinajstić information content (AvgIpc) is 2.56. The van der Waals surface area contributed by atoms with Crippen LogP contribution in [0, 0.1) is 0 Å². The number of nitrogens with zero attached hydrogens (tertiary/aromatic N) is 1. The maximum atomic E-state index is 11.5.